The van der Waals surface area contributed by atoms with Gasteiger partial charge in [-0.05, 0) is 8.95 Å². The van der Waals surface area contributed by atoms with Gasteiger partial charge in [-0.1, -0.05) is 70.9 Å². The topological polar surface area (TPSA) is 0 Å². The predicted octanol–water partition coefficient (Wildman–Crippen LogP) is 0.401. The van der Waals surface area contributed by atoms with Crippen LogP contribution in [-0.2, 0) is 26.2 Å². The minimum absolute atomic E-state index is 0. The third kappa shape index (κ3) is 4.07. The molecule has 0 saturated heterocycles. The van der Waals surface area contributed by atoms with Crippen molar-refractivity contribution in [3.05, 3.63) is 68.6 Å². The summed E-state index contributed by atoms with van der Waals surface area (Å²) in [4.78, 5) is 0. The van der Waals surface area contributed by atoms with Gasteiger partial charge < -0.3 is 24.8 Å². The van der Waals surface area contributed by atoms with Crippen molar-refractivity contribution in [3.63, 3.8) is 0 Å². The largest absolute Gasteiger partial charge is 4.00 e. The Labute approximate surface area is 216 Å². The number of hydrogen-bond acceptors (Lipinski definition) is 0. The van der Waals surface area contributed by atoms with Gasteiger partial charge in [0, 0.05) is 8.07 Å². The molecular weight excluding hydrogens is 614 g/mol. The number of halogens is 4. The van der Waals surface area contributed by atoms with E-state index in [4.69, 9.17) is 0 Å². The molecule has 0 nitrogen and oxygen atoms in total. The first kappa shape index (κ1) is 26.3. The number of rotatable bonds is 2. The van der Waals surface area contributed by atoms with E-state index in [9.17, 15) is 0 Å². The molecule has 4 rings (SSSR count). The van der Waals surface area contributed by atoms with Crippen LogP contribution in [-0.4, -0.2) is 8.07 Å². The Balaban J connectivity index is 0.00000131. The Kier molecular flexibility index (Phi) is 9.05. The molecule has 0 fully saturated rings. The van der Waals surface area contributed by atoms with E-state index in [-0.39, 0.29) is 51.0 Å². The average molecular weight is 634 g/mol. The molecule has 0 aromatic heterocycles. The van der Waals surface area contributed by atoms with Gasteiger partial charge in [-0.25, -0.2) is 0 Å². The zero-order valence-electron chi connectivity index (χ0n) is 16.1. The van der Waals surface area contributed by atoms with Crippen LogP contribution in [0.1, 0.15) is 11.1 Å². The van der Waals surface area contributed by atoms with Crippen LogP contribution in [0.3, 0.4) is 0 Å². The molecule has 0 saturated carbocycles. The monoisotopic (exact) mass is 630 g/mol. The summed E-state index contributed by atoms with van der Waals surface area (Å²) in [6, 6.07) is 17.7. The first-order valence-corrected chi connectivity index (χ1v) is 13.1. The van der Waals surface area contributed by atoms with Gasteiger partial charge in [0.2, 0.25) is 0 Å². The van der Waals surface area contributed by atoms with E-state index in [1.54, 1.807) is 10.4 Å². The molecule has 4 aromatic rings. The molecular formula is C22H20Br2Cl2SiZr. The molecule has 0 atom stereocenters. The molecule has 144 valence electrons. The molecule has 0 aliphatic carbocycles. The molecule has 0 aliphatic rings. The maximum atomic E-state index is 3.81. The molecule has 0 heterocycles. The van der Waals surface area contributed by atoms with Crippen LogP contribution in [0.5, 0.6) is 0 Å². The zero-order valence-corrected chi connectivity index (χ0v) is 24.3. The van der Waals surface area contributed by atoms with E-state index < -0.39 is 8.07 Å². The van der Waals surface area contributed by atoms with Crippen molar-refractivity contribution >= 4 is 71.9 Å². The fourth-order valence-electron chi connectivity index (χ4n) is 4.59. The van der Waals surface area contributed by atoms with E-state index >= 15 is 0 Å². The van der Waals surface area contributed by atoms with Crippen molar-refractivity contribution < 1.29 is 51.0 Å². The summed E-state index contributed by atoms with van der Waals surface area (Å²) in [5.41, 5.74) is 2.83. The van der Waals surface area contributed by atoms with Gasteiger partial charge in [-0.2, -0.15) is 10.4 Å². The molecule has 4 aromatic carbocycles. The Morgan fingerprint density at radius 3 is 1.43 bits per heavy atom. The fraction of sp³-hybridized carbons (Fsp3) is 0.182. The van der Waals surface area contributed by atoms with E-state index in [0.29, 0.717) is 0 Å². The molecule has 0 N–H and O–H groups in total. The molecule has 0 spiro atoms. The first-order valence-electron chi connectivity index (χ1n) is 8.52. The second kappa shape index (κ2) is 9.62. The maximum absolute atomic E-state index is 3.81. The molecule has 0 aliphatic heterocycles. The van der Waals surface area contributed by atoms with Gasteiger partial charge >= 0.3 is 26.2 Å². The summed E-state index contributed by atoms with van der Waals surface area (Å²) >= 11 is 7.63. The van der Waals surface area contributed by atoms with Gasteiger partial charge in [-0.3, -0.25) is 0 Å². The van der Waals surface area contributed by atoms with Crippen molar-refractivity contribution in [1.82, 2.24) is 0 Å². The van der Waals surface area contributed by atoms with Gasteiger partial charge in [0.15, 0.2) is 0 Å². The van der Waals surface area contributed by atoms with Gasteiger partial charge in [0.1, 0.15) is 0 Å². The Bertz CT molecular complexity index is 1040. The molecule has 6 heteroatoms. The van der Waals surface area contributed by atoms with Crippen molar-refractivity contribution in [2.24, 2.45) is 0 Å². The van der Waals surface area contributed by atoms with Crippen LogP contribution < -0.4 is 35.2 Å². The van der Waals surface area contributed by atoms with Crippen LogP contribution in [0.4, 0.5) is 0 Å². The number of aryl methyl sites for hydroxylation is 2. The summed E-state index contributed by atoms with van der Waals surface area (Å²) in [6.45, 7) is 9.53. The number of hydrogen-bond donors (Lipinski definition) is 0. The molecule has 0 bridgehead atoms. The van der Waals surface area contributed by atoms with Crippen LogP contribution in [0.15, 0.2) is 57.5 Å². The summed E-state index contributed by atoms with van der Waals surface area (Å²) < 4.78 is 2.42. The smallest absolute Gasteiger partial charge is 1.00 e. The first-order chi connectivity index (χ1) is 11.8. The second-order valence-corrected chi connectivity index (χ2v) is 13.4. The summed E-state index contributed by atoms with van der Waals surface area (Å²) in [5, 5.41) is 8.60. The van der Waals surface area contributed by atoms with E-state index in [1.807, 2.05) is 0 Å². The Morgan fingerprint density at radius 2 is 1.07 bits per heavy atom. The van der Waals surface area contributed by atoms with E-state index in [0.717, 1.165) is 0 Å². The van der Waals surface area contributed by atoms with Crippen molar-refractivity contribution in [2.75, 3.05) is 0 Å². The zero-order chi connectivity index (χ0) is 17.9. The minimum atomic E-state index is -1.89. The predicted molar refractivity (Wildman–Crippen MR) is 121 cm³/mol. The molecule has 0 radical (unpaired) electrons. The van der Waals surface area contributed by atoms with Crippen LogP contribution in [0.2, 0.25) is 13.1 Å². The van der Waals surface area contributed by atoms with Gasteiger partial charge in [0.25, 0.3) is 0 Å². The quantitative estimate of drug-likeness (QED) is 0.222. The fourth-order valence-corrected chi connectivity index (χ4v) is 10.3. The standard InChI is InChI=1S/C22H20Br2Si.2ClH.Zr/c1-13-11-15-7-5-9-17(23)19(15)21(13)25(3,4)22-14(2)12-16-8-6-10-18(24)20(16)22;;;/h5-12H,1-4H3;2*1H;/q-2;;;+4/p-2. The minimum Gasteiger partial charge on any atom is -1.00 e. The van der Waals surface area contributed by atoms with Crippen molar-refractivity contribution in [3.8, 4) is 0 Å². The van der Waals surface area contributed by atoms with Crippen molar-refractivity contribution in [1.29, 1.82) is 0 Å². The maximum Gasteiger partial charge on any atom is 4.00 e. The van der Waals surface area contributed by atoms with Crippen LogP contribution in [0.25, 0.3) is 21.5 Å². The SMILES string of the molecule is Cc1[cH-]c2cccc(Br)c2c1[Si](C)(C)c1c(C)[cH-]c2cccc(Br)c12.[Cl-].[Cl-].[Zr+4]. The third-order valence-corrected chi connectivity index (χ3v) is 10.5. The van der Waals surface area contributed by atoms with Gasteiger partial charge in [-0.15, -0.1) is 69.1 Å². The summed E-state index contributed by atoms with van der Waals surface area (Å²) in [5.74, 6) is 0. The van der Waals surface area contributed by atoms with E-state index in [1.165, 1.54) is 41.6 Å². The van der Waals surface area contributed by atoms with Gasteiger partial charge in [0.05, 0.1) is 0 Å². The van der Waals surface area contributed by atoms with Crippen LogP contribution >= 0.6 is 31.9 Å². The van der Waals surface area contributed by atoms with Crippen LogP contribution in [0, 0.1) is 13.8 Å². The molecule has 28 heavy (non-hydrogen) atoms. The normalized spacial score (nSPS) is 11.1. The third-order valence-electron chi connectivity index (χ3n) is 5.37. The average Bonchev–Trinajstić information content (AvgIpc) is 3.05. The van der Waals surface area contributed by atoms with E-state index in [2.05, 4.69) is 107 Å². The number of fused-ring (bicyclic) bond motifs is 2. The summed E-state index contributed by atoms with van der Waals surface area (Å²) in [7, 11) is -1.89. The second-order valence-electron chi connectivity index (χ2n) is 7.44. The molecule has 0 unspecified atom stereocenters. The van der Waals surface area contributed by atoms with Crippen molar-refractivity contribution in [2.45, 2.75) is 26.9 Å². The summed E-state index contributed by atoms with van der Waals surface area (Å²) in [6.07, 6.45) is 0. The molecule has 0 amide bonds. The Hall–Kier alpha value is 0.300. The Morgan fingerprint density at radius 1 is 0.714 bits per heavy atom. The number of benzene rings is 2.